The second-order valence-electron chi connectivity index (χ2n) is 7.22. The lowest BCUT2D eigenvalue weighted by Gasteiger charge is -2.25. The topological polar surface area (TPSA) is 119 Å². The molecule has 0 aliphatic heterocycles. The maximum absolute atomic E-state index is 9.11. The Bertz CT molecular complexity index is 1090. The molecule has 0 spiro atoms. The van der Waals surface area contributed by atoms with Crippen LogP contribution in [0, 0.1) is 11.3 Å². The number of nitrogens with zero attached hydrogens (tertiary/aromatic N) is 4. The summed E-state index contributed by atoms with van der Waals surface area (Å²) < 4.78 is 2.12. The van der Waals surface area contributed by atoms with Gasteiger partial charge in [0, 0.05) is 30.4 Å². The fourth-order valence-electron chi connectivity index (χ4n) is 3.94. The summed E-state index contributed by atoms with van der Waals surface area (Å²) >= 11 is 0. The fourth-order valence-corrected chi connectivity index (χ4v) is 3.94. The van der Waals surface area contributed by atoms with Gasteiger partial charge in [-0.3, -0.25) is 4.98 Å². The molecular weight excluding hydrogens is 362 g/mol. The summed E-state index contributed by atoms with van der Waals surface area (Å²) in [5.74, 6) is 5.85. The molecule has 4 rings (SSSR count). The molecule has 2 aromatic heterocycles. The minimum Gasteiger partial charge on any atom is -0.396 e. The Labute approximate surface area is 169 Å². The van der Waals surface area contributed by atoms with Crippen molar-refractivity contribution >= 4 is 5.70 Å². The number of aromatic nitrogens is 3. The minimum absolute atomic E-state index is 0.114. The largest absolute Gasteiger partial charge is 0.396 e. The molecule has 0 saturated carbocycles. The highest BCUT2D eigenvalue weighted by Gasteiger charge is 2.20. The number of nitrogens with one attached hydrogen (secondary N) is 1. The number of aryl methyl sites for hydroxylation is 1. The van der Waals surface area contributed by atoms with E-state index in [1.807, 2.05) is 24.7 Å². The first-order chi connectivity index (χ1) is 14.2. The summed E-state index contributed by atoms with van der Waals surface area (Å²) in [6.07, 6.45) is 9.07. The van der Waals surface area contributed by atoms with Gasteiger partial charge in [-0.25, -0.2) is 10.8 Å². The van der Waals surface area contributed by atoms with Gasteiger partial charge in [-0.05, 0) is 42.5 Å². The van der Waals surface area contributed by atoms with E-state index in [-0.39, 0.29) is 11.4 Å². The molecule has 7 heteroatoms. The van der Waals surface area contributed by atoms with E-state index in [2.05, 4.69) is 44.2 Å². The zero-order valence-electron chi connectivity index (χ0n) is 16.0. The maximum atomic E-state index is 9.11. The third kappa shape index (κ3) is 3.84. The van der Waals surface area contributed by atoms with Crippen molar-refractivity contribution in [1.29, 1.82) is 5.26 Å². The van der Waals surface area contributed by atoms with Gasteiger partial charge >= 0.3 is 0 Å². The van der Waals surface area contributed by atoms with Crippen LogP contribution in [0.2, 0.25) is 0 Å². The van der Waals surface area contributed by atoms with Crippen LogP contribution in [-0.2, 0) is 13.0 Å². The number of nitriles is 1. The van der Waals surface area contributed by atoms with E-state index in [1.165, 1.54) is 24.0 Å². The average molecular weight is 385 g/mol. The van der Waals surface area contributed by atoms with Crippen LogP contribution in [0.15, 0.2) is 60.8 Å². The van der Waals surface area contributed by atoms with Crippen molar-refractivity contribution in [1.82, 2.24) is 20.0 Å². The number of hydrogen-bond acceptors (Lipinski definition) is 6. The van der Waals surface area contributed by atoms with Gasteiger partial charge < -0.3 is 15.7 Å². The molecule has 1 aliphatic rings. The van der Waals surface area contributed by atoms with Crippen molar-refractivity contribution in [2.75, 3.05) is 0 Å². The molecule has 5 N–H and O–H groups in total. The average Bonchev–Trinajstić information content (AvgIpc) is 3.23. The van der Waals surface area contributed by atoms with Crippen molar-refractivity contribution in [3.63, 3.8) is 0 Å². The fraction of sp³-hybridized carbons (Fsp3) is 0.227. The van der Waals surface area contributed by atoms with Gasteiger partial charge in [-0.1, -0.05) is 24.3 Å². The molecule has 0 bridgehead atoms. The summed E-state index contributed by atoms with van der Waals surface area (Å²) in [7, 11) is 0. The normalized spacial score (nSPS) is 16.5. The van der Waals surface area contributed by atoms with Crippen LogP contribution >= 0.6 is 0 Å². The Morgan fingerprint density at radius 3 is 2.93 bits per heavy atom. The molecule has 1 unspecified atom stereocenters. The molecule has 0 saturated heterocycles. The summed E-state index contributed by atoms with van der Waals surface area (Å²) in [5.41, 5.74) is 13.8. The van der Waals surface area contributed by atoms with E-state index in [0.29, 0.717) is 17.2 Å². The first kappa shape index (κ1) is 18.7. The van der Waals surface area contributed by atoms with Crippen molar-refractivity contribution in [2.24, 2.45) is 11.6 Å². The quantitative estimate of drug-likeness (QED) is 0.353. The number of allylic oxidation sites excluding steroid dienone is 1. The maximum Gasteiger partial charge on any atom is 0.151 e. The number of nitrogens with two attached hydrogens (primary N) is 2. The van der Waals surface area contributed by atoms with Crippen LogP contribution in [0.3, 0.4) is 0 Å². The zero-order chi connectivity index (χ0) is 20.2. The number of imidazole rings is 1. The molecule has 0 fully saturated rings. The third-order valence-corrected chi connectivity index (χ3v) is 5.42. The summed E-state index contributed by atoms with van der Waals surface area (Å²) in [6.45, 7) is 0.890. The smallest absolute Gasteiger partial charge is 0.151 e. The second kappa shape index (κ2) is 8.17. The lowest BCUT2D eigenvalue weighted by molar-refractivity contribution is 0.483. The SMILES string of the molecule is N#C/C(NN)=C(/N)c1ccnc(-c2cn(CC3CCCc4ccccc43)cn2)c1. The molecule has 1 aliphatic carbocycles. The van der Waals surface area contributed by atoms with Crippen LogP contribution < -0.4 is 17.0 Å². The molecular formula is C22H23N7. The lowest BCUT2D eigenvalue weighted by atomic mass is 9.83. The Kier molecular flexibility index (Phi) is 5.27. The van der Waals surface area contributed by atoms with Crippen molar-refractivity contribution in [3.8, 4) is 17.5 Å². The molecule has 146 valence electrons. The minimum atomic E-state index is 0.114. The van der Waals surface area contributed by atoms with E-state index < -0.39 is 0 Å². The summed E-state index contributed by atoms with van der Waals surface area (Å²) in [5, 5.41) is 9.11. The van der Waals surface area contributed by atoms with Crippen LogP contribution in [0.1, 0.15) is 35.4 Å². The number of pyridine rings is 1. The van der Waals surface area contributed by atoms with Crippen LogP contribution in [0.4, 0.5) is 0 Å². The van der Waals surface area contributed by atoms with Crippen molar-refractivity contribution < 1.29 is 0 Å². The van der Waals surface area contributed by atoms with Gasteiger partial charge in [0.15, 0.2) is 5.70 Å². The van der Waals surface area contributed by atoms with Gasteiger partial charge in [-0.2, -0.15) is 5.26 Å². The number of benzene rings is 1. The molecule has 3 aromatic rings. The molecule has 29 heavy (non-hydrogen) atoms. The predicted octanol–water partition coefficient (Wildman–Crippen LogP) is 2.68. The summed E-state index contributed by atoms with van der Waals surface area (Å²) in [6, 6.07) is 14.2. The molecule has 1 atom stereocenters. The van der Waals surface area contributed by atoms with E-state index in [0.717, 1.165) is 18.7 Å². The lowest BCUT2D eigenvalue weighted by Crippen LogP contribution is -2.23. The highest BCUT2D eigenvalue weighted by atomic mass is 15.2. The summed E-state index contributed by atoms with van der Waals surface area (Å²) in [4.78, 5) is 8.94. The number of fused-ring (bicyclic) bond motifs is 1. The van der Waals surface area contributed by atoms with E-state index >= 15 is 0 Å². The first-order valence-corrected chi connectivity index (χ1v) is 9.62. The Morgan fingerprint density at radius 1 is 1.24 bits per heavy atom. The number of hydrazine groups is 1. The van der Waals surface area contributed by atoms with Crippen LogP contribution in [0.5, 0.6) is 0 Å². The zero-order valence-corrected chi connectivity index (χ0v) is 16.0. The van der Waals surface area contributed by atoms with Gasteiger partial charge in [0.05, 0.1) is 17.7 Å². The van der Waals surface area contributed by atoms with E-state index in [1.54, 1.807) is 12.3 Å². The molecule has 0 amide bonds. The second-order valence-corrected chi connectivity index (χ2v) is 7.22. The standard InChI is InChI=1S/C22H23N7/c23-11-20(28-25)22(24)16-8-9-26-19(10-16)21-13-29(14-27-21)12-17-6-3-5-15-4-1-2-7-18(15)17/h1-2,4,7-10,13-14,17,28H,3,5-6,12,24-25H2/b22-20-. The van der Waals surface area contributed by atoms with Crippen LogP contribution in [-0.4, -0.2) is 14.5 Å². The van der Waals surface area contributed by atoms with Crippen molar-refractivity contribution in [2.45, 2.75) is 31.7 Å². The molecule has 7 nitrogen and oxygen atoms in total. The van der Waals surface area contributed by atoms with Crippen molar-refractivity contribution in [3.05, 3.63) is 77.5 Å². The Morgan fingerprint density at radius 2 is 2.10 bits per heavy atom. The molecule has 0 radical (unpaired) electrons. The number of hydrogen-bond donors (Lipinski definition) is 3. The molecule has 1 aromatic carbocycles. The Hall–Kier alpha value is -3.63. The molecule has 2 heterocycles. The monoisotopic (exact) mass is 385 g/mol. The van der Waals surface area contributed by atoms with E-state index in [4.69, 9.17) is 16.8 Å². The Balaban J connectivity index is 1.57. The van der Waals surface area contributed by atoms with Gasteiger partial charge in [-0.15, -0.1) is 0 Å². The van der Waals surface area contributed by atoms with E-state index in [9.17, 15) is 0 Å². The highest BCUT2D eigenvalue weighted by molar-refractivity contribution is 5.71. The highest BCUT2D eigenvalue weighted by Crippen LogP contribution is 2.33. The van der Waals surface area contributed by atoms with Gasteiger partial charge in [0.1, 0.15) is 11.8 Å². The third-order valence-electron chi connectivity index (χ3n) is 5.42. The van der Waals surface area contributed by atoms with Gasteiger partial charge in [0.2, 0.25) is 0 Å². The van der Waals surface area contributed by atoms with Crippen LogP contribution in [0.25, 0.3) is 17.1 Å². The first-order valence-electron chi connectivity index (χ1n) is 9.62. The number of rotatable bonds is 5. The predicted molar refractivity (Wildman–Crippen MR) is 112 cm³/mol. The van der Waals surface area contributed by atoms with Gasteiger partial charge in [0.25, 0.3) is 0 Å².